The molecule has 0 aliphatic rings. The lowest BCUT2D eigenvalue weighted by molar-refractivity contribution is 0.182. The standard InChI is InChI=1S/C13H16BrFN4O/c1-16-12(9-3-4-17-8-11(9)15)13-10(14)7-18-19(13)5-6-20-2/h3-4,7-8,12,16H,5-6H2,1-2H3. The molecule has 108 valence electrons. The maximum Gasteiger partial charge on any atom is 0.146 e. The lowest BCUT2D eigenvalue weighted by Crippen LogP contribution is -2.24. The van der Waals surface area contributed by atoms with Gasteiger partial charge in [0.05, 0.1) is 41.8 Å². The van der Waals surface area contributed by atoms with Crippen LogP contribution >= 0.6 is 15.9 Å². The van der Waals surface area contributed by atoms with Gasteiger partial charge in [-0.2, -0.15) is 5.10 Å². The number of hydrogen-bond donors (Lipinski definition) is 1. The minimum absolute atomic E-state index is 0.313. The minimum atomic E-state index is -0.349. The summed E-state index contributed by atoms with van der Waals surface area (Å²) in [4.78, 5) is 3.78. The van der Waals surface area contributed by atoms with Crippen LogP contribution in [0.3, 0.4) is 0 Å². The highest BCUT2D eigenvalue weighted by Crippen LogP contribution is 2.29. The molecule has 0 fully saturated rings. The third-order valence-corrected chi connectivity index (χ3v) is 3.63. The van der Waals surface area contributed by atoms with Crippen molar-refractivity contribution in [3.63, 3.8) is 0 Å². The summed E-state index contributed by atoms with van der Waals surface area (Å²) < 4.78 is 21.7. The summed E-state index contributed by atoms with van der Waals surface area (Å²) in [7, 11) is 3.42. The molecule has 7 heteroatoms. The maximum atomic E-state index is 14.0. The van der Waals surface area contributed by atoms with Gasteiger partial charge in [-0.1, -0.05) is 0 Å². The maximum absolute atomic E-state index is 14.0. The lowest BCUT2D eigenvalue weighted by atomic mass is 10.0. The summed E-state index contributed by atoms with van der Waals surface area (Å²) in [6, 6.07) is 1.35. The number of rotatable bonds is 6. The Morgan fingerprint density at radius 2 is 2.30 bits per heavy atom. The molecule has 0 spiro atoms. The molecule has 0 aliphatic carbocycles. The second-order valence-corrected chi connectivity index (χ2v) is 5.07. The van der Waals surface area contributed by atoms with Gasteiger partial charge < -0.3 is 10.1 Å². The van der Waals surface area contributed by atoms with Crippen LogP contribution < -0.4 is 5.32 Å². The van der Waals surface area contributed by atoms with Gasteiger partial charge in [-0.15, -0.1) is 0 Å². The number of ether oxygens (including phenoxy) is 1. The Morgan fingerprint density at radius 3 is 2.95 bits per heavy atom. The van der Waals surface area contributed by atoms with Gasteiger partial charge in [0.2, 0.25) is 0 Å². The molecular formula is C13H16BrFN4O. The summed E-state index contributed by atoms with van der Waals surface area (Å²) in [5.41, 5.74) is 1.39. The average Bonchev–Trinajstić information content (AvgIpc) is 2.81. The zero-order valence-electron chi connectivity index (χ0n) is 11.3. The van der Waals surface area contributed by atoms with Crippen LogP contribution in [0.5, 0.6) is 0 Å². The first-order chi connectivity index (χ1) is 9.69. The van der Waals surface area contributed by atoms with Gasteiger partial charge in [0.25, 0.3) is 0 Å². The van der Waals surface area contributed by atoms with E-state index in [1.54, 1.807) is 37.3 Å². The van der Waals surface area contributed by atoms with E-state index in [1.807, 2.05) is 0 Å². The Hall–Kier alpha value is -1.31. The van der Waals surface area contributed by atoms with E-state index in [0.29, 0.717) is 18.7 Å². The normalized spacial score (nSPS) is 12.6. The van der Waals surface area contributed by atoms with Crippen LogP contribution in [0.1, 0.15) is 17.3 Å². The Morgan fingerprint density at radius 1 is 1.50 bits per heavy atom. The van der Waals surface area contributed by atoms with Gasteiger partial charge in [0, 0.05) is 18.9 Å². The lowest BCUT2D eigenvalue weighted by Gasteiger charge is -2.19. The summed E-state index contributed by atoms with van der Waals surface area (Å²) in [5, 5.41) is 7.41. The van der Waals surface area contributed by atoms with E-state index >= 15 is 0 Å². The molecule has 2 aromatic rings. The average molecular weight is 343 g/mol. The van der Waals surface area contributed by atoms with Crippen molar-refractivity contribution in [1.29, 1.82) is 0 Å². The van der Waals surface area contributed by atoms with Crippen molar-refractivity contribution in [2.24, 2.45) is 0 Å². The number of nitrogens with zero attached hydrogens (tertiary/aromatic N) is 3. The molecular weight excluding hydrogens is 327 g/mol. The van der Waals surface area contributed by atoms with Crippen LogP contribution in [0.15, 0.2) is 29.1 Å². The van der Waals surface area contributed by atoms with E-state index in [9.17, 15) is 4.39 Å². The smallest absolute Gasteiger partial charge is 0.146 e. The zero-order valence-corrected chi connectivity index (χ0v) is 12.9. The molecule has 2 rings (SSSR count). The monoisotopic (exact) mass is 342 g/mol. The van der Waals surface area contributed by atoms with Crippen LogP contribution in [-0.4, -0.2) is 35.5 Å². The van der Waals surface area contributed by atoms with Crippen LogP contribution in [0.4, 0.5) is 4.39 Å². The van der Waals surface area contributed by atoms with E-state index in [1.165, 1.54) is 6.20 Å². The Kier molecular flexibility index (Phi) is 5.22. The predicted octanol–water partition coefficient (Wildman–Crippen LogP) is 2.13. The van der Waals surface area contributed by atoms with E-state index < -0.39 is 0 Å². The van der Waals surface area contributed by atoms with E-state index in [0.717, 1.165) is 10.2 Å². The molecule has 0 saturated carbocycles. The number of hydrogen-bond acceptors (Lipinski definition) is 4. The Labute approximate surface area is 125 Å². The first-order valence-corrected chi connectivity index (χ1v) is 6.95. The molecule has 20 heavy (non-hydrogen) atoms. The molecule has 5 nitrogen and oxygen atoms in total. The SMILES string of the molecule is CNC(c1ccncc1F)c1c(Br)cnn1CCOC. The molecule has 1 atom stereocenters. The number of nitrogens with one attached hydrogen (secondary N) is 1. The van der Waals surface area contributed by atoms with Gasteiger partial charge >= 0.3 is 0 Å². The molecule has 2 heterocycles. The van der Waals surface area contributed by atoms with Crippen molar-refractivity contribution in [2.75, 3.05) is 20.8 Å². The van der Waals surface area contributed by atoms with E-state index in [-0.39, 0.29) is 11.9 Å². The van der Waals surface area contributed by atoms with Gasteiger partial charge in [-0.25, -0.2) is 4.39 Å². The first-order valence-electron chi connectivity index (χ1n) is 6.15. The predicted molar refractivity (Wildman–Crippen MR) is 76.9 cm³/mol. The van der Waals surface area contributed by atoms with Crippen LogP contribution in [0.25, 0.3) is 0 Å². The molecule has 1 N–H and O–H groups in total. The fourth-order valence-electron chi connectivity index (χ4n) is 2.07. The quantitative estimate of drug-likeness (QED) is 0.873. The zero-order chi connectivity index (χ0) is 14.5. The second-order valence-electron chi connectivity index (χ2n) is 4.21. The van der Waals surface area contributed by atoms with Gasteiger partial charge in [-0.05, 0) is 29.0 Å². The summed E-state index contributed by atoms with van der Waals surface area (Å²) in [5.74, 6) is -0.349. The van der Waals surface area contributed by atoms with Crippen LogP contribution in [0, 0.1) is 5.82 Å². The van der Waals surface area contributed by atoms with Crippen molar-refractivity contribution in [1.82, 2.24) is 20.1 Å². The number of halogens is 2. The molecule has 0 radical (unpaired) electrons. The van der Waals surface area contributed by atoms with E-state index in [4.69, 9.17) is 4.74 Å². The third-order valence-electron chi connectivity index (χ3n) is 3.02. The summed E-state index contributed by atoms with van der Waals surface area (Å²) in [6.07, 6.45) is 4.49. The topological polar surface area (TPSA) is 52.0 Å². The highest BCUT2D eigenvalue weighted by molar-refractivity contribution is 9.10. The molecule has 0 bridgehead atoms. The third kappa shape index (κ3) is 3.05. The fraction of sp³-hybridized carbons (Fsp3) is 0.385. The molecule has 0 saturated heterocycles. The van der Waals surface area contributed by atoms with Crippen molar-refractivity contribution >= 4 is 15.9 Å². The Balaban J connectivity index is 2.42. The van der Waals surface area contributed by atoms with E-state index in [2.05, 4.69) is 31.3 Å². The Bertz CT molecular complexity index is 575. The minimum Gasteiger partial charge on any atom is -0.383 e. The van der Waals surface area contributed by atoms with Crippen molar-refractivity contribution < 1.29 is 9.13 Å². The molecule has 0 amide bonds. The molecule has 1 unspecified atom stereocenters. The van der Waals surface area contributed by atoms with Crippen molar-refractivity contribution in [3.8, 4) is 0 Å². The summed E-state index contributed by atoms with van der Waals surface area (Å²) in [6.45, 7) is 1.14. The van der Waals surface area contributed by atoms with Gasteiger partial charge in [-0.3, -0.25) is 9.67 Å². The second kappa shape index (κ2) is 6.92. The molecule has 0 aromatic carbocycles. The van der Waals surface area contributed by atoms with Crippen LogP contribution in [-0.2, 0) is 11.3 Å². The highest BCUT2D eigenvalue weighted by atomic mass is 79.9. The summed E-state index contributed by atoms with van der Waals surface area (Å²) >= 11 is 3.47. The number of pyridine rings is 1. The largest absolute Gasteiger partial charge is 0.383 e. The van der Waals surface area contributed by atoms with Gasteiger partial charge in [0.15, 0.2) is 0 Å². The first kappa shape index (κ1) is 15.1. The molecule has 2 aromatic heterocycles. The van der Waals surface area contributed by atoms with Crippen LogP contribution in [0.2, 0.25) is 0 Å². The van der Waals surface area contributed by atoms with Crippen molar-refractivity contribution in [2.45, 2.75) is 12.6 Å². The van der Waals surface area contributed by atoms with Gasteiger partial charge in [0.1, 0.15) is 5.82 Å². The highest BCUT2D eigenvalue weighted by Gasteiger charge is 2.23. The molecule has 0 aliphatic heterocycles. The fourth-order valence-corrected chi connectivity index (χ4v) is 2.60. The number of aromatic nitrogens is 3. The van der Waals surface area contributed by atoms with Crippen molar-refractivity contribution in [3.05, 3.63) is 46.2 Å². The number of methoxy groups -OCH3 is 1.